The Hall–Kier alpha value is -2.13. The summed E-state index contributed by atoms with van der Waals surface area (Å²) >= 11 is 0. The maximum atomic E-state index is 12.7. The van der Waals surface area contributed by atoms with Crippen molar-refractivity contribution in [3.05, 3.63) is 30.3 Å². The zero-order valence-electron chi connectivity index (χ0n) is 17.9. The van der Waals surface area contributed by atoms with E-state index in [9.17, 15) is 18.0 Å². The van der Waals surface area contributed by atoms with Crippen LogP contribution in [0.5, 0.6) is 0 Å². The van der Waals surface area contributed by atoms with Gasteiger partial charge in [-0.3, -0.25) is 9.59 Å². The van der Waals surface area contributed by atoms with Crippen LogP contribution in [-0.2, 0) is 19.6 Å². The number of para-hydroxylation sites is 1. The molecule has 1 aliphatic carbocycles. The number of amides is 2. The molecule has 1 aromatic rings. The third-order valence-electron chi connectivity index (χ3n) is 6.01. The van der Waals surface area contributed by atoms with Crippen molar-refractivity contribution in [1.29, 1.82) is 0 Å². The highest BCUT2D eigenvalue weighted by Crippen LogP contribution is 2.39. The van der Waals surface area contributed by atoms with E-state index in [1.165, 1.54) is 0 Å². The van der Waals surface area contributed by atoms with Crippen molar-refractivity contribution in [2.45, 2.75) is 50.6 Å². The molecule has 1 heterocycles. The fourth-order valence-corrected chi connectivity index (χ4v) is 5.76. The number of sulfonamides is 1. The average Bonchev–Trinajstić information content (AvgIpc) is 3.47. The second-order valence-electron chi connectivity index (χ2n) is 9.12. The van der Waals surface area contributed by atoms with E-state index in [0.29, 0.717) is 18.9 Å². The van der Waals surface area contributed by atoms with E-state index in [4.69, 9.17) is 0 Å². The van der Waals surface area contributed by atoms with Crippen LogP contribution in [0.1, 0.15) is 39.5 Å². The predicted molar refractivity (Wildman–Crippen MR) is 117 cm³/mol. The number of carbonyl (C=O) groups excluding carboxylic acids is 2. The standard InChI is InChI=1S/C21H32N4O4S/c1-20(11-12-30(28,29)24-20)13-18(26)23-21(2,16-9-10-16)15-22-19(27)14-25(3)17-7-5-4-6-8-17/h4-8,16,24H,9-15H2,1-3H3,(H,22,27)(H,23,26). The normalized spacial score (nSPS) is 24.6. The van der Waals surface area contributed by atoms with Crippen molar-refractivity contribution in [2.24, 2.45) is 5.92 Å². The summed E-state index contributed by atoms with van der Waals surface area (Å²) in [5, 5.41) is 6.03. The molecule has 3 N–H and O–H groups in total. The van der Waals surface area contributed by atoms with Crippen LogP contribution in [0.3, 0.4) is 0 Å². The summed E-state index contributed by atoms with van der Waals surface area (Å²) in [5.41, 5.74) is -0.348. The Bertz CT molecular complexity index is 888. The van der Waals surface area contributed by atoms with Crippen LogP contribution in [0.25, 0.3) is 0 Å². The van der Waals surface area contributed by atoms with Crippen molar-refractivity contribution < 1.29 is 18.0 Å². The van der Waals surface area contributed by atoms with Gasteiger partial charge in [-0.25, -0.2) is 13.1 Å². The Balaban J connectivity index is 1.53. The molecule has 0 spiro atoms. The molecule has 30 heavy (non-hydrogen) atoms. The highest BCUT2D eigenvalue weighted by molar-refractivity contribution is 7.89. The number of likely N-dealkylation sites (N-methyl/N-ethyl adjacent to an activating group) is 1. The molecule has 8 nitrogen and oxygen atoms in total. The smallest absolute Gasteiger partial charge is 0.239 e. The average molecular weight is 437 g/mol. The van der Waals surface area contributed by atoms with Gasteiger partial charge in [0.1, 0.15) is 0 Å². The lowest BCUT2D eigenvalue weighted by Gasteiger charge is -2.33. The lowest BCUT2D eigenvalue weighted by atomic mass is 9.92. The number of anilines is 1. The van der Waals surface area contributed by atoms with Crippen molar-refractivity contribution in [3.8, 4) is 0 Å². The van der Waals surface area contributed by atoms with Gasteiger partial charge in [0.25, 0.3) is 0 Å². The highest BCUT2D eigenvalue weighted by Gasteiger charge is 2.45. The lowest BCUT2D eigenvalue weighted by Crippen LogP contribution is -2.57. The fraction of sp³-hybridized carbons (Fsp3) is 0.619. The minimum Gasteiger partial charge on any atom is -0.365 e. The number of carbonyl (C=O) groups is 2. The fourth-order valence-electron chi connectivity index (χ4n) is 4.02. The SMILES string of the molecule is CN(CC(=O)NCC(C)(NC(=O)CC1(C)CCS(=O)(=O)N1)C1CC1)c1ccccc1. The monoisotopic (exact) mass is 436 g/mol. The molecule has 1 saturated heterocycles. The summed E-state index contributed by atoms with van der Waals surface area (Å²) < 4.78 is 26.0. The molecule has 2 aliphatic rings. The minimum absolute atomic E-state index is 0.0433. The van der Waals surface area contributed by atoms with Crippen LogP contribution >= 0.6 is 0 Å². The Morgan fingerprint density at radius 1 is 1.23 bits per heavy atom. The molecule has 1 saturated carbocycles. The zero-order chi connectivity index (χ0) is 22.0. The maximum Gasteiger partial charge on any atom is 0.239 e. The molecule has 2 fully saturated rings. The van der Waals surface area contributed by atoms with Crippen LogP contribution in [0.2, 0.25) is 0 Å². The second-order valence-corrected chi connectivity index (χ2v) is 11.0. The van der Waals surface area contributed by atoms with Gasteiger partial charge >= 0.3 is 0 Å². The lowest BCUT2D eigenvalue weighted by molar-refractivity contribution is -0.125. The number of benzene rings is 1. The zero-order valence-corrected chi connectivity index (χ0v) is 18.7. The summed E-state index contributed by atoms with van der Waals surface area (Å²) in [6.45, 7) is 4.27. The summed E-state index contributed by atoms with van der Waals surface area (Å²) in [6, 6.07) is 9.67. The van der Waals surface area contributed by atoms with Crippen molar-refractivity contribution >= 4 is 27.5 Å². The van der Waals surface area contributed by atoms with Gasteiger partial charge in [0, 0.05) is 31.2 Å². The van der Waals surface area contributed by atoms with Gasteiger partial charge in [-0.15, -0.1) is 0 Å². The van der Waals surface area contributed by atoms with Gasteiger partial charge < -0.3 is 15.5 Å². The Kier molecular flexibility index (Phi) is 6.43. The van der Waals surface area contributed by atoms with Crippen molar-refractivity contribution in [3.63, 3.8) is 0 Å². The number of rotatable bonds is 9. The van der Waals surface area contributed by atoms with Crippen LogP contribution in [0.4, 0.5) is 5.69 Å². The first kappa shape index (κ1) is 22.6. The maximum absolute atomic E-state index is 12.7. The molecule has 0 radical (unpaired) electrons. The van der Waals surface area contributed by atoms with Crippen LogP contribution in [0.15, 0.2) is 30.3 Å². The topological polar surface area (TPSA) is 108 Å². The summed E-state index contributed by atoms with van der Waals surface area (Å²) in [6.07, 6.45) is 2.49. The number of nitrogens with zero attached hydrogens (tertiary/aromatic N) is 1. The van der Waals surface area contributed by atoms with Gasteiger partial charge in [0.05, 0.1) is 17.8 Å². The van der Waals surface area contributed by atoms with E-state index in [2.05, 4.69) is 15.4 Å². The predicted octanol–water partition coefficient (Wildman–Crippen LogP) is 0.996. The number of nitrogens with one attached hydrogen (secondary N) is 3. The Morgan fingerprint density at radius 2 is 1.90 bits per heavy atom. The summed E-state index contributed by atoms with van der Waals surface area (Å²) in [4.78, 5) is 27.0. The van der Waals surface area contributed by atoms with Crippen LogP contribution in [-0.4, -0.2) is 57.2 Å². The highest BCUT2D eigenvalue weighted by atomic mass is 32.2. The molecule has 1 aliphatic heterocycles. The molecule has 3 rings (SSSR count). The van der Waals surface area contributed by atoms with E-state index >= 15 is 0 Å². The first-order valence-electron chi connectivity index (χ1n) is 10.4. The number of hydrogen-bond acceptors (Lipinski definition) is 5. The third-order valence-corrected chi connectivity index (χ3v) is 7.55. The number of hydrogen-bond donors (Lipinski definition) is 3. The third kappa shape index (κ3) is 5.95. The first-order valence-corrected chi connectivity index (χ1v) is 12.0. The molecule has 166 valence electrons. The summed E-state index contributed by atoms with van der Waals surface area (Å²) in [5.74, 6) is 0.0357. The molecule has 9 heteroatoms. The van der Waals surface area contributed by atoms with Gasteiger partial charge in [0.2, 0.25) is 21.8 Å². The van der Waals surface area contributed by atoms with Gasteiger partial charge in [-0.1, -0.05) is 18.2 Å². The summed E-state index contributed by atoms with van der Waals surface area (Å²) in [7, 11) is -1.43. The van der Waals surface area contributed by atoms with Crippen molar-refractivity contribution in [1.82, 2.24) is 15.4 Å². The minimum atomic E-state index is -3.29. The van der Waals surface area contributed by atoms with E-state index < -0.39 is 21.1 Å². The molecule has 2 amide bonds. The molecule has 1 aromatic carbocycles. The van der Waals surface area contributed by atoms with Crippen LogP contribution < -0.4 is 20.3 Å². The van der Waals surface area contributed by atoms with Crippen molar-refractivity contribution in [2.75, 3.05) is 30.8 Å². The van der Waals surface area contributed by atoms with Gasteiger partial charge in [-0.2, -0.15) is 0 Å². The van der Waals surface area contributed by atoms with Gasteiger partial charge in [0.15, 0.2) is 0 Å². The Morgan fingerprint density at radius 3 is 2.47 bits per heavy atom. The van der Waals surface area contributed by atoms with E-state index in [1.807, 2.05) is 49.2 Å². The Labute approximate surface area is 178 Å². The van der Waals surface area contributed by atoms with Gasteiger partial charge in [-0.05, 0) is 51.2 Å². The van der Waals surface area contributed by atoms with Crippen LogP contribution in [0, 0.1) is 5.92 Å². The molecule has 2 unspecified atom stereocenters. The quantitative estimate of drug-likeness (QED) is 0.535. The molecule has 0 aromatic heterocycles. The molecular weight excluding hydrogens is 404 g/mol. The van der Waals surface area contributed by atoms with E-state index in [1.54, 1.807) is 6.92 Å². The van der Waals surface area contributed by atoms with E-state index in [0.717, 1.165) is 18.5 Å². The largest absolute Gasteiger partial charge is 0.365 e. The molecule has 0 bridgehead atoms. The molecular formula is C21H32N4O4S. The second kappa shape index (κ2) is 8.55. The molecule has 2 atom stereocenters. The first-order chi connectivity index (χ1) is 14.0. The van der Waals surface area contributed by atoms with E-state index in [-0.39, 0.29) is 30.5 Å².